The third kappa shape index (κ3) is 5.82. The summed E-state index contributed by atoms with van der Waals surface area (Å²) in [4.78, 5) is 6.95. The summed E-state index contributed by atoms with van der Waals surface area (Å²) in [7, 11) is 1.31. The van der Waals surface area contributed by atoms with Gasteiger partial charge in [-0.05, 0) is 18.5 Å². The van der Waals surface area contributed by atoms with Gasteiger partial charge in [-0.25, -0.2) is 10.4 Å². The Morgan fingerprint density at radius 3 is 2.27 bits per heavy atom. The van der Waals surface area contributed by atoms with Gasteiger partial charge < -0.3 is 4.74 Å². The van der Waals surface area contributed by atoms with Gasteiger partial charge in [-0.3, -0.25) is 0 Å². The first-order valence-corrected chi connectivity index (χ1v) is 3.39. The molecule has 0 aromatic carbocycles. The highest BCUT2D eigenvalue weighted by Gasteiger charge is 1.94. The van der Waals surface area contributed by atoms with Crippen LogP contribution in [0.2, 0.25) is 0 Å². The SMILES string of the molecule is COC(=N)/N=C(Cl)\N=C(/C)Cl. The standard InChI is InChI=1S/C5H7Cl2N3O/c1-3(6)9-4(7)10-5(8)11-2/h8H,1-2H3/b8-5?,9-3+,10-4-. The van der Waals surface area contributed by atoms with Crippen molar-refractivity contribution in [2.45, 2.75) is 6.92 Å². The van der Waals surface area contributed by atoms with Gasteiger partial charge in [-0.15, -0.1) is 0 Å². The van der Waals surface area contributed by atoms with E-state index in [4.69, 9.17) is 28.6 Å². The van der Waals surface area contributed by atoms with E-state index in [0.29, 0.717) is 0 Å². The monoisotopic (exact) mass is 195 g/mol. The Morgan fingerprint density at radius 2 is 1.91 bits per heavy atom. The van der Waals surface area contributed by atoms with E-state index >= 15 is 0 Å². The van der Waals surface area contributed by atoms with Gasteiger partial charge in [0.1, 0.15) is 5.17 Å². The molecule has 0 radical (unpaired) electrons. The van der Waals surface area contributed by atoms with Gasteiger partial charge in [0.2, 0.25) is 5.29 Å². The largest absolute Gasteiger partial charge is 0.467 e. The van der Waals surface area contributed by atoms with Crippen molar-refractivity contribution in [2.24, 2.45) is 9.98 Å². The third-order valence-corrected chi connectivity index (χ3v) is 0.887. The molecule has 0 aliphatic rings. The van der Waals surface area contributed by atoms with E-state index in [-0.39, 0.29) is 16.5 Å². The van der Waals surface area contributed by atoms with Crippen LogP contribution in [0, 0.1) is 5.41 Å². The fraction of sp³-hybridized carbons (Fsp3) is 0.400. The minimum atomic E-state index is -0.309. The van der Waals surface area contributed by atoms with Gasteiger partial charge in [0, 0.05) is 0 Å². The third-order valence-electron chi connectivity index (χ3n) is 0.633. The van der Waals surface area contributed by atoms with Crippen molar-refractivity contribution < 1.29 is 4.74 Å². The first-order valence-electron chi connectivity index (χ1n) is 2.63. The maximum atomic E-state index is 6.91. The Morgan fingerprint density at radius 1 is 1.36 bits per heavy atom. The fourth-order valence-electron chi connectivity index (χ4n) is 0.282. The quantitative estimate of drug-likeness (QED) is 0.358. The summed E-state index contributed by atoms with van der Waals surface area (Å²) >= 11 is 10.8. The molecule has 0 saturated heterocycles. The molecule has 0 atom stereocenters. The lowest BCUT2D eigenvalue weighted by Crippen LogP contribution is -1.97. The second-order valence-electron chi connectivity index (χ2n) is 1.50. The first kappa shape index (κ1) is 10.4. The van der Waals surface area contributed by atoms with Crippen molar-refractivity contribution in [2.75, 3.05) is 7.11 Å². The van der Waals surface area contributed by atoms with Crippen LogP contribution in [0.25, 0.3) is 0 Å². The fourth-order valence-corrected chi connectivity index (χ4v) is 0.608. The van der Waals surface area contributed by atoms with E-state index in [2.05, 4.69) is 14.7 Å². The molecule has 0 bridgehead atoms. The number of methoxy groups -OCH3 is 1. The number of nitrogens with zero attached hydrogens (tertiary/aromatic N) is 2. The molecule has 0 aromatic rings. The predicted molar refractivity (Wildman–Crippen MR) is 47.0 cm³/mol. The molecule has 0 heterocycles. The van der Waals surface area contributed by atoms with Crippen LogP contribution in [-0.4, -0.2) is 23.6 Å². The van der Waals surface area contributed by atoms with Crippen LogP contribution in [0.5, 0.6) is 0 Å². The molecule has 11 heavy (non-hydrogen) atoms. The van der Waals surface area contributed by atoms with Crippen LogP contribution in [-0.2, 0) is 4.74 Å². The van der Waals surface area contributed by atoms with Gasteiger partial charge in [-0.1, -0.05) is 11.6 Å². The lowest BCUT2D eigenvalue weighted by molar-refractivity contribution is 0.393. The highest BCUT2D eigenvalue weighted by Crippen LogP contribution is 1.93. The molecule has 0 aromatic heterocycles. The number of amidine groups is 2. The number of hydrogen-bond acceptors (Lipinski definition) is 2. The lowest BCUT2D eigenvalue weighted by atomic mass is 10.9. The van der Waals surface area contributed by atoms with Gasteiger partial charge in [0.25, 0.3) is 0 Å². The topological polar surface area (TPSA) is 57.8 Å². The van der Waals surface area contributed by atoms with Crippen molar-refractivity contribution in [1.29, 1.82) is 5.41 Å². The van der Waals surface area contributed by atoms with Gasteiger partial charge in [-0.2, -0.15) is 4.99 Å². The highest BCUT2D eigenvalue weighted by molar-refractivity contribution is 6.71. The molecule has 6 heteroatoms. The van der Waals surface area contributed by atoms with Crippen LogP contribution >= 0.6 is 23.2 Å². The molecule has 4 nitrogen and oxygen atoms in total. The summed E-state index contributed by atoms with van der Waals surface area (Å²) in [5.41, 5.74) is 0. The zero-order valence-corrected chi connectivity index (χ0v) is 7.57. The van der Waals surface area contributed by atoms with E-state index in [9.17, 15) is 0 Å². The number of nitrogens with one attached hydrogen (secondary N) is 1. The molecule has 0 spiro atoms. The molecule has 62 valence electrons. The summed E-state index contributed by atoms with van der Waals surface area (Å²) in [6.07, 6.45) is 0. The molecule has 0 fully saturated rings. The van der Waals surface area contributed by atoms with Gasteiger partial charge >= 0.3 is 6.02 Å². The minimum Gasteiger partial charge on any atom is -0.467 e. The van der Waals surface area contributed by atoms with E-state index in [1.807, 2.05) is 0 Å². The van der Waals surface area contributed by atoms with Gasteiger partial charge in [0.05, 0.1) is 7.11 Å². The smallest absolute Gasteiger partial charge is 0.311 e. The first-order chi connectivity index (χ1) is 5.06. The Kier molecular flexibility index (Phi) is 4.81. The summed E-state index contributed by atoms with van der Waals surface area (Å²) in [5.74, 6) is 0. The maximum absolute atomic E-state index is 6.91. The summed E-state index contributed by atoms with van der Waals surface area (Å²) in [5, 5.41) is 7.04. The Hall–Kier alpha value is -0.610. The molecule has 0 aliphatic heterocycles. The summed E-state index contributed by atoms with van der Waals surface area (Å²) in [6, 6.07) is -0.309. The zero-order valence-electron chi connectivity index (χ0n) is 6.06. The van der Waals surface area contributed by atoms with Crippen molar-refractivity contribution >= 4 is 39.7 Å². The highest BCUT2D eigenvalue weighted by atomic mass is 35.5. The van der Waals surface area contributed by atoms with Crippen molar-refractivity contribution in [3.05, 3.63) is 0 Å². The zero-order chi connectivity index (χ0) is 8.85. The minimum absolute atomic E-state index is 0.121. The van der Waals surface area contributed by atoms with Crippen LogP contribution in [0.15, 0.2) is 9.98 Å². The number of ether oxygens (including phenoxy) is 1. The molecule has 0 aliphatic carbocycles. The van der Waals surface area contributed by atoms with Crippen LogP contribution in [0.1, 0.15) is 6.92 Å². The van der Waals surface area contributed by atoms with E-state index in [0.717, 1.165) is 0 Å². The molecular formula is C5H7Cl2N3O. The molecule has 0 rings (SSSR count). The Balaban J connectivity index is 4.23. The maximum Gasteiger partial charge on any atom is 0.311 e. The van der Waals surface area contributed by atoms with Crippen LogP contribution in [0.4, 0.5) is 0 Å². The van der Waals surface area contributed by atoms with Crippen LogP contribution in [0.3, 0.4) is 0 Å². The summed E-state index contributed by atoms with van der Waals surface area (Å²) < 4.78 is 4.40. The van der Waals surface area contributed by atoms with E-state index in [1.54, 1.807) is 6.92 Å². The molecular weight excluding hydrogens is 189 g/mol. The predicted octanol–water partition coefficient (Wildman–Crippen LogP) is 1.82. The normalized spacial score (nSPS) is 13.1. The number of aliphatic imine (C=N–C) groups is 2. The van der Waals surface area contributed by atoms with Crippen molar-refractivity contribution in [3.63, 3.8) is 0 Å². The van der Waals surface area contributed by atoms with Gasteiger partial charge in [0.15, 0.2) is 0 Å². The molecule has 0 amide bonds. The lowest BCUT2D eigenvalue weighted by Gasteiger charge is -1.92. The number of rotatable bonds is 0. The van der Waals surface area contributed by atoms with E-state index in [1.165, 1.54) is 7.11 Å². The second kappa shape index (κ2) is 5.09. The number of halogens is 2. The Bertz CT molecular complexity index is 208. The molecule has 0 saturated carbocycles. The van der Waals surface area contributed by atoms with E-state index < -0.39 is 0 Å². The van der Waals surface area contributed by atoms with Crippen LogP contribution < -0.4 is 0 Å². The average molecular weight is 196 g/mol. The Labute approximate surface area is 74.4 Å². The van der Waals surface area contributed by atoms with Crippen molar-refractivity contribution in [1.82, 2.24) is 0 Å². The number of hydrogen-bond donors (Lipinski definition) is 1. The molecule has 1 N–H and O–H groups in total. The van der Waals surface area contributed by atoms with Crippen molar-refractivity contribution in [3.8, 4) is 0 Å². The average Bonchev–Trinajstić information content (AvgIpc) is 1.85. The molecule has 0 unspecified atom stereocenters. The second-order valence-corrected chi connectivity index (χ2v) is 2.38. The summed E-state index contributed by atoms with van der Waals surface area (Å²) in [6.45, 7) is 1.55.